The van der Waals surface area contributed by atoms with Crippen molar-refractivity contribution in [3.63, 3.8) is 0 Å². The van der Waals surface area contributed by atoms with Crippen LogP contribution in [0.5, 0.6) is 0 Å². The zero-order valence-electron chi connectivity index (χ0n) is 31.2. The van der Waals surface area contributed by atoms with Crippen LogP contribution in [0.25, 0.3) is 0 Å². The average Bonchev–Trinajstić information content (AvgIpc) is 3.16. The molecular formula is C31H43K3O18S2. The molecule has 1 spiro atoms. The van der Waals surface area contributed by atoms with E-state index in [2.05, 4.69) is 14.9 Å². The van der Waals surface area contributed by atoms with Crippen LogP contribution in [-0.4, -0.2) is 104 Å². The Morgan fingerprint density at radius 1 is 0.944 bits per heavy atom. The molecule has 0 amide bonds. The Balaban J connectivity index is 0.00000336. The minimum Gasteiger partial charge on any atom is -0.726 e. The number of hydrogen-bond donors (Lipinski definition) is 3. The predicted molar refractivity (Wildman–Crippen MR) is 162 cm³/mol. The fourth-order valence-electron chi connectivity index (χ4n) is 10.2. The van der Waals surface area contributed by atoms with E-state index in [9.17, 15) is 60.8 Å². The molecule has 4 saturated carbocycles. The number of ether oxygens (including phenoxy) is 3. The van der Waals surface area contributed by atoms with Gasteiger partial charge in [-0.25, -0.2) is 12.6 Å². The molecule has 290 valence electrons. The van der Waals surface area contributed by atoms with Crippen molar-refractivity contribution in [2.45, 2.75) is 115 Å². The normalized spacial score (nSPS) is 38.4. The maximum atomic E-state index is 13.0. The minimum atomic E-state index is -5.70. The van der Waals surface area contributed by atoms with Gasteiger partial charge in [0.05, 0.1) is 36.2 Å². The summed E-state index contributed by atoms with van der Waals surface area (Å²) in [7, 11) is -11.3. The number of carbonyl (C=O) groups is 3. The van der Waals surface area contributed by atoms with Gasteiger partial charge in [0.2, 0.25) is 10.4 Å². The zero-order chi connectivity index (χ0) is 38.1. The van der Waals surface area contributed by atoms with Crippen molar-refractivity contribution in [3.05, 3.63) is 12.2 Å². The maximum absolute atomic E-state index is 13.0. The largest absolute Gasteiger partial charge is 1.00 e. The molecule has 1 saturated heterocycles. The summed E-state index contributed by atoms with van der Waals surface area (Å²) in [5, 5.41) is 47.5. The van der Waals surface area contributed by atoms with E-state index in [0.717, 1.165) is 0 Å². The molecular weight excluding hydrogens is 842 g/mol. The van der Waals surface area contributed by atoms with Gasteiger partial charge in [-0.3, -0.25) is 13.5 Å². The van der Waals surface area contributed by atoms with Crippen molar-refractivity contribution in [2.75, 3.05) is 6.61 Å². The summed E-state index contributed by atoms with van der Waals surface area (Å²) in [6, 6.07) is 0. The van der Waals surface area contributed by atoms with Gasteiger partial charge in [0, 0.05) is 11.8 Å². The quantitative estimate of drug-likeness (QED) is 0.0312. The first-order valence-corrected chi connectivity index (χ1v) is 19.4. The van der Waals surface area contributed by atoms with Crippen LogP contribution in [0, 0.1) is 39.9 Å². The number of esters is 1. The Kier molecular flexibility index (Phi) is 19.3. The molecule has 0 aromatic carbocycles. The molecule has 5 fully saturated rings. The van der Waals surface area contributed by atoms with Crippen molar-refractivity contribution in [3.8, 4) is 0 Å². The Bertz CT molecular complexity index is 1630. The average molecular weight is 885 g/mol. The smallest absolute Gasteiger partial charge is 0.726 e. The first-order chi connectivity index (χ1) is 23.5. The molecule has 4 aliphatic carbocycles. The summed E-state index contributed by atoms with van der Waals surface area (Å²) in [5.74, 6) is -6.76. The molecule has 5 aliphatic rings. The van der Waals surface area contributed by atoms with E-state index in [1.807, 2.05) is 0 Å². The van der Waals surface area contributed by atoms with E-state index in [0.29, 0.717) is 31.3 Å². The van der Waals surface area contributed by atoms with Crippen LogP contribution in [0.2, 0.25) is 0 Å². The molecule has 0 aromatic heterocycles. The second-order valence-electron chi connectivity index (χ2n) is 15.3. The molecule has 54 heavy (non-hydrogen) atoms. The van der Waals surface area contributed by atoms with E-state index in [4.69, 9.17) is 14.2 Å². The SMILES string of the molecule is C=C1[C@H]2CC[C@@H]3[C@@]4(C)C[C@@H](O[C@H]5O[C@@H](CO)[C@H](OS(=O)(=O)[O-])[C@@H](OS(=O)(=O)O)[C@@H]5OC(=O)CC(C)C)CC(C(=O)[O-])(C(=O)[O-])[C@@H]4CC[C@@]3(C2)[C@@H]1O.[K+].[K+].[K+]. The summed E-state index contributed by atoms with van der Waals surface area (Å²) >= 11 is 0. The standard InChI is InChI=1S/C31H46O18S2.3K/c1-14(2)9-21(33)47-24-23(49-51(42,43)44)22(48-50(39,40)41)18(13-32)46-26(24)45-17-11-29(4)19-6-5-16-10-30(19,25(34)15(16)3)8-7-20(29)31(12-17,27(35)36)28(37)38;;;/h14,16-20,22-26,32,34H,3,5-13H2,1-2,4H3,(H,35,36)(H,37,38)(H,39,40,41)(H,42,43,44);;;/q;3*+1/p-3/t16-,17+,18-,19+,20+,22-,23+,24-,25+,26-,29+,30-;;;/m0.../s1. The van der Waals surface area contributed by atoms with Crippen molar-refractivity contribution < 1.29 is 237 Å². The van der Waals surface area contributed by atoms with Crippen molar-refractivity contribution in [1.29, 1.82) is 0 Å². The summed E-state index contributed by atoms with van der Waals surface area (Å²) in [4.78, 5) is 38.9. The Labute approximate surface area is 442 Å². The van der Waals surface area contributed by atoms with E-state index in [1.165, 1.54) is 0 Å². The summed E-state index contributed by atoms with van der Waals surface area (Å²) < 4.78 is 95.0. The maximum Gasteiger partial charge on any atom is 1.00 e. The van der Waals surface area contributed by atoms with Gasteiger partial charge in [-0.05, 0) is 79.6 Å². The van der Waals surface area contributed by atoms with Gasteiger partial charge in [0.1, 0.15) is 12.2 Å². The predicted octanol–water partition coefficient (Wildman–Crippen LogP) is -10.9. The van der Waals surface area contributed by atoms with Gasteiger partial charge in [0.25, 0.3) is 0 Å². The van der Waals surface area contributed by atoms with Crippen LogP contribution in [0.15, 0.2) is 12.2 Å². The number of carboxylic acids is 2. The Morgan fingerprint density at radius 3 is 2.07 bits per heavy atom. The van der Waals surface area contributed by atoms with Crippen molar-refractivity contribution in [1.82, 2.24) is 0 Å². The molecule has 1 heterocycles. The molecule has 0 unspecified atom stereocenters. The zero-order valence-corrected chi connectivity index (χ0v) is 42.2. The van der Waals surface area contributed by atoms with Gasteiger partial charge in [0.15, 0.2) is 18.5 Å². The Hall–Kier alpha value is 2.64. The van der Waals surface area contributed by atoms with E-state index in [-0.39, 0.29) is 185 Å². The fraction of sp³-hybridized carbons (Fsp3) is 0.839. The third kappa shape index (κ3) is 10.5. The van der Waals surface area contributed by atoms with Gasteiger partial charge < -0.3 is 48.8 Å². The van der Waals surface area contributed by atoms with Crippen molar-refractivity contribution >= 4 is 38.7 Å². The first kappa shape index (κ1) is 52.8. The number of aliphatic hydroxyl groups is 2. The molecule has 2 bridgehead atoms. The summed E-state index contributed by atoms with van der Waals surface area (Å²) in [6.07, 6.45) is -12.4. The molecule has 0 aromatic rings. The van der Waals surface area contributed by atoms with Crippen LogP contribution in [0.3, 0.4) is 0 Å². The number of aliphatic hydroxyl groups excluding tert-OH is 2. The van der Waals surface area contributed by atoms with Gasteiger partial charge in [-0.2, -0.15) is 8.42 Å². The first-order valence-electron chi connectivity index (χ1n) is 16.7. The third-order valence-electron chi connectivity index (χ3n) is 12.0. The number of carboxylic acid groups (broad SMARTS) is 2. The number of fused-ring (bicyclic) bond motifs is 3. The third-order valence-corrected chi connectivity index (χ3v) is 12.9. The van der Waals surface area contributed by atoms with E-state index in [1.54, 1.807) is 20.8 Å². The number of hydrogen-bond acceptors (Lipinski definition) is 17. The summed E-state index contributed by atoms with van der Waals surface area (Å²) in [6.45, 7) is 7.86. The molecule has 12 atom stereocenters. The monoisotopic (exact) mass is 884 g/mol. The second-order valence-corrected chi connectivity index (χ2v) is 17.3. The molecule has 0 radical (unpaired) electrons. The molecule has 5 rings (SSSR count). The van der Waals surface area contributed by atoms with E-state index >= 15 is 0 Å². The molecule has 23 heteroatoms. The van der Waals surface area contributed by atoms with Crippen LogP contribution in [0.1, 0.15) is 72.1 Å². The second kappa shape index (κ2) is 19.8. The van der Waals surface area contributed by atoms with E-state index < -0.39 is 123 Å². The minimum absolute atomic E-state index is 0. The summed E-state index contributed by atoms with van der Waals surface area (Å²) in [5.41, 5.74) is -3.91. The van der Waals surface area contributed by atoms with Gasteiger partial charge in [-0.15, -0.1) is 0 Å². The number of aliphatic carboxylic acids is 2. The van der Waals surface area contributed by atoms with Crippen LogP contribution < -0.4 is 164 Å². The molecule has 3 N–H and O–H groups in total. The van der Waals surface area contributed by atoms with Crippen LogP contribution in [0.4, 0.5) is 0 Å². The number of carbonyl (C=O) groups excluding carboxylic acids is 3. The van der Waals surface area contributed by atoms with Gasteiger partial charge >= 0.3 is 171 Å². The Morgan fingerprint density at radius 2 is 1.56 bits per heavy atom. The van der Waals surface area contributed by atoms with Gasteiger partial charge in [-0.1, -0.05) is 27.4 Å². The topological polar surface area (TPSA) is 296 Å². The van der Waals surface area contributed by atoms with Crippen molar-refractivity contribution in [2.24, 2.45) is 39.9 Å². The number of rotatable bonds is 12. The fourth-order valence-corrected chi connectivity index (χ4v) is 11.2. The molecule has 18 nitrogen and oxygen atoms in total. The van der Waals surface area contributed by atoms with Crippen LogP contribution >= 0.6 is 0 Å². The molecule has 1 aliphatic heterocycles. The van der Waals surface area contributed by atoms with Crippen LogP contribution in [-0.2, 0) is 57.8 Å².